The summed E-state index contributed by atoms with van der Waals surface area (Å²) in [5, 5.41) is 3.92. The number of carbonyl (C=O) groups excluding carboxylic acids is 2. The summed E-state index contributed by atoms with van der Waals surface area (Å²) in [4.78, 5) is 27.8. The van der Waals surface area contributed by atoms with Gasteiger partial charge in [-0.25, -0.2) is 4.79 Å². The minimum absolute atomic E-state index is 0.102. The van der Waals surface area contributed by atoms with Crippen LogP contribution in [0.5, 0.6) is 0 Å². The first-order valence-corrected chi connectivity index (χ1v) is 7.55. The van der Waals surface area contributed by atoms with Gasteiger partial charge in [0.05, 0.1) is 5.71 Å². The fraction of sp³-hybridized carbons (Fsp3) is 0.211. The van der Waals surface area contributed by atoms with Gasteiger partial charge in [0.1, 0.15) is 0 Å². The van der Waals surface area contributed by atoms with Crippen LogP contribution in [-0.4, -0.2) is 17.5 Å². The van der Waals surface area contributed by atoms with E-state index >= 15 is 0 Å². The zero-order valence-electron chi connectivity index (χ0n) is 13.1. The summed E-state index contributed by atoms with van der Waals surface area (Å²) in [6, 6.07) is 18.7. The van der Waals surface area contributed by atoms with E-state index in [4.69, 9.17) is 4.84 Å². The maximum atomic E-state index is 12.1. The van der Waals surface area contributed by atoms with Crippen LogP contribution in [0.2, 0.25) is 0 Å². The molecule has 0 saturated carbocycles. The molecule has 0 unspecified atom stereocenters. The van der Waals surface area contributed by atoms with Crippen molar-refractivity contribution in [3.8, 4) is 0 Å². The number of carbonyl (C=O) groups is 2. The SMILES string of the molecule is CC(=O)O/N=C(\CCCC(=O)c1ccccc1)c1ccccc1. The van der Waals surface area contributed by atoms with Gasteiger partial charge in [-0.05, 0) is 18.4 Å². The van der Waals surface area contributed by atoms with Crippen LogP contribution in [0.15, 0.2) is 65.8 Å². The number of nitrogens with zero attached hydrogens (tertiary/aromatic N) is 1. The molecule has 0 saturated heterocycles. The highest BCUT2D eigenvalue weighted by atomic mass is 16.7. The van der Waals surface area contributed by atoms with Crippen molar-refractivity contribution in [3.05, 3.63) is 71.8 Å². The Morgan fingerprint density at radius 1 is 0.870 bits per heavy atom. The minimum atomic E-state index is -0.459. The van der Waals surface area contributed by atoms with E-state index < -0.39 is 5.97 Å². The summed E-state index contributed by atoms with van der Waals surface area (Å²) in [6.07, 6.45) is 1.63. The van der Waals surface area contributed by atoms with Crippen molar-refractivity contribution < 1.29 is 14.4 Å². The third-order valence-corrected chi connectivity index (χ3v) is 3.30. The zero-order valence-corrected chi connectivity index (χ0v) is 13.1. The van der Waals surface area contributed by atoms with Crippen LogP contribution in [0.1, 0.15) is 42.1 Å². The predicted molar refractivity (Wildman–Crippen MR) is 89.4 cm³/mol. The number of Topliss-reactive ketones (excluding diaryl/α,β-unsaturated/α-hetero) is 1. The Balaban J connectivity index is 1.97. The first-order valence-electron chi connectivity index (χ1n) is 7.55. The van der Waals surface area contributed by atoms with E-state index in [2.05, 4.69) is 5.16 Å². The van der Waals surface area contributed by atoms with Crippen LogP contribution in [-0.2, 0) is 9.63 Å². The molecule has 118 valence electrons. The van der Waals surface area contributed by atoms with Gasteiger partial charge in [-0.3, -0.25) is 4.79 Å². The van der Waals surface area contributed by atoms with Gasteiger partial charge < -0.3 is 4.84 Å². The molecule has 4 heteroatoms. The summed E-state index contributed by atoms with van der Waals surface area (Å²) < 4.78 is 0. The average molecular weight is 309 g/mol. The Morgan fingerprint density at radius 3 is 2.00 bits per heavy atom. The molecule has 2 aromatic carbocycles. The molecule has 0 heterocycles. The van der Waals surface area contributed by atoms with Crippen molar-refractivity contribution in [2.24, 2.45) is 5.16 Å². The van der Waals surface area contributed by atoms with E-state index in [1.165, 1.54) is 6.92 Å². The molecule has 0 aliphatic carbocycles. The van der Waals surface area contributed by atoms with Crippen LogP contribution in [0.25, 0.3) is 0 Å². The highest BCUT2D eigenvalue weighted by molar-refractivity contribution is 6.01. The second kappa shape index (κ2) is 8.63. The monoisotopic (exact) mass is 309 g/mol. The maximum absolute atomic E-state index is 12.1. The fourth-order valence-corrected chi connectivity index (χ4v) is 2.18. The van der Waals surface area contributed by atoms with Crippen molar-refractivity contribution in [3.63, 3.8) is 0 Å². The molecule has 0 fully saturated rings. The minimum Gasteiger partial charge on any atom is -0.318 e. The topological polar surface area (TPSA) is 55.7 Å². The van der Waals surface area contributed by atoms with Gasteiger partial charge in [-0.15, -0.1) is 0 Å². The third kappa shape index (κ3) is 5.51. The number of hydrogen-bond donors (Lipinski definition) is 0. The lowest BCUT2D eigenvalue weighted by molar-refractivity contribution is -0.140. The fourth-order valence-electron chi connectivity index (χ4n) is 2.18. The van der Waals surface area contributed by atoms with Crippen molar-refractivity contribution in [1.82, 2.24) is 0 Å². The second-order valence-electron chi connectivity index (χ2n) is 5.13. The first-order chi connectivity index (χ1) is 11.2. The van der Waals surface area contributed by atoms with Crippen molar-refractivity contribution >= 4 is 17.5 Å². The van der Waals surface area contributed by atoms with Crippen LogP contribution in [0.4, 0.5) is 0 Å². The summed E-state index contributed by atoms with van der Waals surface area (Å²) in [6.45, 7) is 1.31. The van der Waals surface area contributed by atoms with Crippen molar-refractivity contribution in [2.45, 2.75) is 26.2 Å². The Kier molecular flexibility index (Phi) is 6.24. The van der Waals surface area contributed by atoms with Crippen molar-refractivity contribution in [1.29, 1.82) is 0 Å². The molecule has 0 amide bonds. The van der Waals surface area contributed by atoms with Crippen LogP contribution >= 0.6 is 0 Å². The first kappa shape index (κ1) is 16.6. The van der Waals surface area contributed by atoms with Gasteiger partial charge in [0, 0.05) is 18.9 Å². The summed E-state index contributed by atoms with van der Waals surface area (Å²) >= 11 is 0. The number of ketones is 1. The van der Waals surface area contributed by atoms with E-state index in [0.717, 1.165) is 5.56 Å². The Morgan fingerprint density at radius 2 is 1.43 bits per heavy atom. The van der Waals surface area contributed by atoms with Crippen LogP contribution < -0.4 is 0 Å². The molecule has 0 aliphatic heterocycles. The maximum Gasteiger partial charge on any atom is 0.331 e. The Bertz CT molecular complexity index is 678. The molecule has 0 aromatic heterocycles. The Labute approximate surface area is 135 Å². The number of oxime groups is 1. The third-order valence-electron chi connectivity index (χ3n) is 3.30. The highest BCUT2D eigenvalue weighted by Gasteiger charge is 2.09. The standard InChI is InChI=1S/C19H19NO3/c1-15(21)23-20-18(16-9-4-2-5-10-16)13-8-14-19(22)17-11-6-3-7-12-17/h2-7,9-12H,8,13-14H2,1H3/b20-18+. The smallest absolute Gasteiger partial charge is 0.318 e. The number of benzene rings is 2. The molecule has 23 heavy (non-hydrogen) atoms. The van der Waals surface area contributed by atoms with Gasteiger partial charge >= 0.3 is 5.97 Å². The molecule has 2 aromatic rings. The van der Waals surface area contributed by atoms with E-state index in [1.807, 2.05) is 60.7 Å². The molecule has 0 spiro atoms. The quantitative estimate of drug-likeness (QED) is 0.336. The highest BCUT2D eigenvalue weighted by Crippen LogP contribution is 2.12. The van der Waals surface area contributed by atoms with E-state index in [1.54, 1.807) is 0 Å². The average Bonchev–Trinajstić information content (AvgIpc) is 2.59. The molecule has 0 atom stereocenters. The van der Waals surface area contributed by atoms with Gasteiger partial charge in [0.2, 0.25) is 0 Å². The number of rotatable bonds is 7. The second-order valence-corrected chi connectivity index (χ2v) is 5.13. The Hall–Kier alpha value is -2.75. The van der Waals surface area contributed by atoms with Gasteiger partial charge in [-0.2, -0.15) is 0 Å². The van der Waals surface area contributed by atoms with Gasteiger partial charge in [0.25, 0.3) is 0 Å². The zero-order chi connectivity index (χ0) is 16.5. The molecular formula is C19H19NO3. The molecule has 4 nitrogen and oxygen atoms in total. The lowest BCUT2D eigenvalue weighted by Gasteiger charge is -2.06. The molecule has 0 N–H and O–H groups in total. The van der Waals surface area contributed by atoms with Gasteiger partial charge in [0.15, 0.2) is 5.78 Å². The summed E-state index contributed by atoms with van der Waals surface area (Å²) in [5.41, 5.74) is 2.27. The molecule has 2 rings (SSSR count). The van der Waals surface area contributed by atoms with Gasteiger partial charge in [-0.1, -0.05) is 65.8 Å². The summed E-state index contributed by atoms with van der Waals surface area (Å²) in [5.74, 6) is -0.357. The largest absolute Gasteiger partial charge is 0.331 e. The van der Waals surface area contributed by atoms with Crippen molar-refractivity contribution in [2.75, 3.05) is 0 Å². The predicted octanol–water partition coefficient (Wildman–Crippen LogP) is 4.01. The van der Waals surface area contributed by atoms with E-state index in [9.17, 15) is 9.59 Å². The molecule has 0 bridgehead atoms. The molecular weight excluding hydrogens is 290 g/mol. The summed E-state index contributed by atoms with van der Waals surface area (Å²) in [7, 11) is 0. The molecule has 0 radical (unpaired) electrons. The number of hydrogen-bond acceptors (Lipinski definition) is 4. The van der Waals surface area contributed by atoms with Crippen LogP contribution in [0, 0.1) is 0 Å². The van der Waals surface area contributed by atoms with E-state index in [0.29, 0.717) is 30.5 Å². The lowest BCUT2D eigenvalue weighted by Crippen LogP contribution is -2.06. The normalized spacial score (nSPS) is 11.1. The van der Waals surface area contributed by atoms with Crippen LogP contribution in [0.3, 0.4) is 0 Å². The molecule has 0 aliphatic rings. The van der Waals surface area contributed by atoms with E-state index in [-0.39, 0.29) is 5.78 Å². The lowest BCUT2D eigenvalue weighted by atomic mass is 10.0.